The summed E-state index contributed by atoms with van der Waals surface area (Å²) in [4.78, 5) is 38.3. The number of rotatable bonds is 10. The summed E-state index contributed by atoms with van der Waals surface area (Å²) in [5.74, 6) is 1.39. The van der Waals surface area contributed by atoms with Gasteiger partial charge in [-0.05, 0) is 43.4 Å². The first-order valence-corrected chi connectivity index (χ1v) is 10.6. The van der Waals surface area contributed by atoms with E-state index in [1.54, 1.807) is 21.3 Å². The first-order chi connectivity index (χ1) is 14.9. The molecule has 9 heteroatoms. The fourth-order valence-corrected chi connectivity index (χ4v) is 4.29. The van der Waals surface area contributed by atoms with Gasteiger partial charge in [-0.3, -0.25) is 14.5 Å². The number of methoxy groups -OCH3 is 3. The van der Waals surface area contributed by atoms with Crippen molar-refractivity contribution in [2.45, 2.75) is 50.5 Å². The van der Waals surface area contributed by atoms with Crippen molar-refractivity contribution in [3.8, 4) is 17.2 Å². The highest BCUT2D eigenvalue weighted by Crippen LogP contribution is 2.38. The lowest BCUT2D eigenvalue weighted by atomic mass is 9.98. The van der Waals surface area contributed by atoms with E-state index in [-0.39, 0.29) is 17.8 Å². The Morgan fingerprint density at radius 2 is 1.74 bits per heavy atom. The molecule has 1 spiro atoms. The average Bonchev–Trinajstić information content (AvgIpc) is 3.33. The van der Waals surface area contributed by atoms with Crippen LogP contribution in [0.4, 0.5) is 4.79 Å². The maximum Gasteiger partial charge on any atom is 0.325 e. The van der Waals surface area contributed by atoms with Crippen LogP contribution in [0.5, 0.6) is 17.2 Å². The monoisotopic (exact) mass is 433 g/mol. The van der Waals surface area contributed by atoms with E-state index >= 15 is 0 Å². The molecule has 4 amide bonds. The van der Waals surface area contributed by atoms with Gasteiger partial charge in [0.1, 0.15) is 5.54 Å². The quantitative estimate of drug-likeness (QED) is 0.432. The number of nitrogens with zero attached hydrogens (tertiary/aromatic N) is 1. The average molecular weight is 434 g/mol. The van der Waals surface area contributed by atoms with Crippen molar-refractivity contribution in [1.29, 1.82) is 0 Å². The van der Waals surface area contributed by atoms with E-state index in [1.165, 1.54) is 4.90 Å². The van der Waals surface area contributed by atoms with E-state index in [1.807, 2.05) is 12.1 Å². The number of hydrogen-bond acceptors (Lipinski definition) is 6. The van der Waals surface area contributed by atoms with Crippen LogP contribution in [-0.4, -0.2) is 62.7 Å². The van der Waals surface area contributed by atoms with Crippen LogP contribution in [0.2, 0.25) is 0 Å². The third-order valence-corrected chi connectivity index (χ3v) is 5.95. The zero-order valence-electron chi connectivity index (χ0n) is 18.4. The number of ether oxygens (including phenoxy) is 3. The van der Waals surface area contributed by atoms with E-state index in [9.17, 15) is 14.4 Å². The molecule has 0 aromatic heterocycles. The molecule has 1 heterocycles. The van der Waals surface area contributed by atoms with Crippen molar-refractivity contribution < 1.29 is 28.6 Å². The van der Waals surface area contributed by atoms with Crippen LogP contribution in [0.1, 0.15) is 44.1 Å². The fourth-order valence-electron chi connectivity index (χ4n) is 4.29. The van der Waals surface area contributed by atoms with Crippen molar-refractivity contribution in [2.75, 3.05) is 34.4 Å². The van der Waals surface area contributed by atoms with Gasteiger partial charge >= 0.3 is 6.03 Å². The summed E-state index contributed by atoms with van der Waals surface area (Å²) in [6.45, 7) is 0.706. The molecular formula is C22H31N3O6. The standard InChI is InChI=1S/C22H31N3O6/c1-29-16-13-15(14-17(30-2)19(16)31-3)7-8-18(26)23-11-6-12-25-20(27)22(24-21(25)28)9-4-5-10-22/h13-14H,4-12H2,1-3H3,(H,23,26)(H,24,28). The molecule has 2 N–H and O–H groups in total. The molecule has 0 unspecified atom stereocenters. The smallest absolute Gasteiger partial charge is 0.325 e. The van der Waals surface area contributed by atoms with Crippen LogP contribution in [0, 0.1) is 0 Å². The summed E-state index contributed by atoms with van der Waals surface area (Å²) in [6.07, 6.45) is 4.68. The van der Waals surface area contributed by atoms with Crippen LogP contribution < -0.4 is 24.8 Å². The Bertz CT molecular complexity index is 810. The third-order valence-electron chi connectivity index (χ3n) is 5.95. The normalized spacial score (nSPS) is 17.1. The molecule has 2 aliphatic rings. The second kappa shape index (κ2) is 9.89. The van der Waals surface area contributed by atoms with Gasteiger partial charge in [-0.25, -0.2) is 4.79 Å². The van der Waals surface area contributed by atoms with Crippen molar-refractivity contribution in [3.63, 3.8) is 0 Å². The minimum Gasteiger partial charge on any atom is -0.493 e. The maximum atomic E-state index is 12.6. The summed E-state index contributed by atoms with van der Waals surface area (Å²) < 4.78 is 16.0. The number of carbonyl (C=O) groups is 3. The zero-order valence-corrected chi connectivity index (χ0v) is 18.4. The largest absolute Gasteiger partial charge is 0.493 e. The Labute approximate surface area is 182 Å². The summed E-state index contributed by atoms with van der Waals surface area (Å²) in [5, 5.41) is 5.72. The van der Waals surface area contributed by atoms with E-state index in [0.29, 0.717) is 62.4 Å². The second-order valence-corrected chi connectivity index (χ2v) is 7.91. The van der Waals surface area contributed by atoms with Crippen molar-refractivity contribution in [1.82, 2.24) is 15.5 Å². The van der Waals surface area contributed by atoms with Gasteiger partial charge in [0.15, 0.2) is 11.5 Å². The fraction of sp³-hybridized carbons (Fsp3) is 0.591. The highest BCUT2D eigenvalue weighted by Gasteiger charge is 2.51. The number of hydrogen-bond donors (Lipinski definition) is 2. The summed E-state index contributed by atoms with van der Waals surface area (Å²) in [5.41, 5.74) is 0.215. The molecule has 1 saturated heterocycles. The highest BCUT2D eigenvalue weighted by molar-refractivity contribution is 6.07. The first-order valence-electron chi connectivity index (χ1n) is 10.6. The topological polar surface area (TPSA) is 106 Å². The molecule has 0 bridgehead atoms. The SMILES string of the molecule is COc1cc(CCC(=O)NCCCN2C(=O)NC3(CCCC3)C2=O)cc(OC)c1OC. The molecule has 9 nitrogen and oxygen atoms in total. The van der Waals surface area contributed by atoms with Crippen molar-refractivity contribution >= 4 is 17.8 Å². The highest BCUT2D eigenvalue weighted by atomic mass is 16.5. The van der Waals surface area contributed by atoms with Crippen LogP contribution >= 0.6 is 0 Å². The minimum absolute atomic E-state index is 0.0989. The van der Waals surface area contributed by atoms with Crippen LogP contribution in [0.25, 0.3) is 0 Å². The third kappa shape index (κ3) is 4.86. The maximum absolute atomic E-state index is 12.6. The molecule has 3 rings (SSSR count). The molecule has 31 heavy (non-hydrogen) atoms. The Kier molecular flexibility index (Phi) is 7.25. The lowest BCUT2D eigenvalue weighted by Gasteiger charge is -2.20. The Morgan fingerprint density at radius 3 is 2.32 bits per heavy atom. The Balaban J connectivity index is 1.43. The number of imide groups is 1. The van der Waals surface area contributed by atoms with E-state index < -0.39 is 5.54 Å². The molecule has 2 fully saturated rings. The zero-order chi connectivity index (χ0) is 22.4. The second-order valence-electron chi connectivity index (χ2n) is 7.91. The van der Waals surface area contributed by atoms with Gasteiger partial charge in [0.05, 0.1) is 21.3 Å². The van der Waals surface area contributed by atoms with E-state index in [0.717, 1.165) is 18.4 Å². The number of amides is 4. The van der Waals surface area contributed by atoms with Crippen LogP contribution in [0.3, 0.4) is 0 Å². The molecule has 1 aromatic carbocycles. The number of carbonyl (C=O) groups excluding carboxylic acids is 3. The Hall–Kier alpha value is -2.97. The predicted octanol–water partition coefficient (Wildman–Crippen LogP) is 2.02. The number of urea groups is 1. The molecule has 1 saturated carbocycles. The minimum atomic E-state index is -0.680. The molecule has 170 valence electrons. The summed E-state index contributed by atoms with van der Waals surface area (Å²) in [6, 6.07) is 3.33. The van der Waals surface area contributed by atoms with E-state index in [2.05, 4.69) is 10.6 Å². The lowest BCUT2D eigenvalue weighted by Crippen LogP contribution is -2.44. The van der Waals surface area contributed by atoms with Gasteiger partial charge in [0, 0.05) is 19.5 Å². The van der Waals surface area contributed by atoms with Crippen LogP contribution in [0.15, 0.2) is 12.1 Å². The van der Waals surface area contributed by atoms with Crippen LogP contribution in [-0.2, 0) is 16.0 Å². The molecule has 1 aliphatic heterocycles. The molecule has 0 atom stereocenters. The van der Waals surface area contributed by atoms with Gasteiger partial charge in [0.2, 0.25) is 11.7 Å². The van der Waals surface area contributed by atoms with Crippen molar-refractivity contribution in [3.05, 3.63) is 17.7 Å². The lowest BCUT2D eigenvalue weighted by molar-refractivity contribution is -0.131. The van der Waals surface area contributed by atoms with Gasteiger partial charge in [0.25, 0.3) is 5.91 Å². The van der Waals surface area contributed by atoms with E-state index in [4.69, 9.17) is 14.2 Å². The van der Waals surface area contributed by atoms with Gasteiger partial charge in [-0.2, -0.15) is 0 Å². The van der Waals surface area contributed by atoms with Gasteiger partial charge < -0.3 is 24.8 Å². The van der Waals surface area contributed by atoms with Gasteiger partial charge in [-0.15, -0.1) is 0 Å². The first kappa shape index (κ1) is 22.7. The molecule has 0 radical (unpaired) electrons. The number of nitrogens with one attached hydrogen (secondary N) is 2. The molecular weight excluding hydrogens is 402 g/mol. The number of aryl methyl sites for hydroxylation is 1. The number of benzene rings is 1. The van der Waals surface area contributed by atoms with Crippen molar-refractivity contribution in [2.24, 2.45) is 0 Å². The molecule has 1 aromatic rings. The summed E-state index contributed by atoms with van der Waals surface area (Å²) in [7, 11) is 4.64. The molecule has 1 aliphatic carbocycles. The van der Waals surface area contributed by atoms with Gasteiger partial charge in [-0.1, -0.05) is 12.8 Å². The predicted molar refractivity (Wildman–Crippen MR) is 113 cm³/mol. The summed E-state index contributed by atoms with van der Waals surface area (Å²) >= 11 is 0. The Morgan fingerprint density at radius 1 is 1.10 bits per heavy atom.